The van der Waals surface area contributed by atoms with Crippen LogP contribution < -0.4 is 4.90 Å². The molecular formula is C18H19FNO3S+. The van der Waals surface area contributed by atoms with E-state index >= 15 is 0 Å². The Morgan fingerprint density at radius 2 is 2.12 bits per heavy atom. The molecule has 1 unspecified atom stereocenters. The molecule has 0 radical (unpaired) electrons. The molecule has 6 heteroatoms. The van der Waals surface area contributed by atoms with E-state index in [9.17, 15) is 9.18 Å². The van der Waals surface area contributed by atoms with E-state index in [0.29, 0.717) is 35.5 Å². The highest BCUT2D eigenvalue weighted by Gasteiger charge is 2.24. The number of carbonyl (C=O) groups excluding carboxylic acids is 1. The maximum atomic E-state index is 14.4. The Morgan fingerprint density at radius 1 is 1.29 bits per heavy atom. The third kappa shape index (κ3) is 3.34. The van der Waals surface area contributed by atoms with Crippen LogP contribution in [0.3, 0.4) is 0 Å². The SMILES string of the molecule is CCOC(=O)c1sc2cccc(F)c2c1C[NH+](C)Cc1ccco1. The fourth-order valence-corrected chi connectivity index (χ4v) is 3.90. The summed E-state index contributed by atoms with van der Waals surface area (Å²) in [6.07, 6.45) is 1.63. The Labute approximate surface area is 143 Å². The molecule has 1 aromatic carbocycles. The van der Waals surface area contributed by atoms with Gasteiger partial charge in [-0.25, -0.2) is 9.18 Å². The number of carbonyl (C=O) groups is 1. The van der Waals surface area contributed by atoms with E-state index in [1.807, 2.05) is 25.2 Å². The van der Waals surface area contributed by atoms with Crippen molar-refractivity contribution >= 4 is 27.4 Å². The minimum atomic E-state index is -0.390. The van der Waals surface area contributed by atoms with Crippen LogP contribution in [0.4, 0.5) is 4.39 Å². The number of fused-ring (bicyclic) bond motifs is 1. The number of furan rings is 1. The van der Waals surface area contributed by atoms with Crippen molar-refractivity contribution in [1.82, 2.24) is 0 Å². The predicted octanol–water partition coefficient (Wildman–Crippen LogP) is 3.03. The second-order valence-electron chi connectivity index (χ2n) is 5.63. The summed E-state index contributed by atoms with van der Waals surface area (Å²) in [4.78, 5) is 13.9. The first-order chi connectivity index (χ1) is 11.6. The quantitative estimate of drug-likeness (QED) is 0.697. The van der Waals surface area contributed by atoms with Gasteiger partial charge in [-0.2, -0.15) is 0 Å². The zero-order valence-corrected chi connectivity index (χ0v) is 14.4. The lowest BCUT2D eigenvalue weighted by atomic mass is 10.1. The summed E-state index contributed by atoms with van der Waals surface area (Å²) in [5.41, 5.74) is 0.704. The molecule has 0 spiro atoms. The topological polar surface area (TPSA) is 43.9 Å². The summed E-state index contributed by atoms with van der Waals surface area (Å²) in [6.45, 7) is 3.22. The maximum absolute atomic E-state index is 14.4. The zero-order valence-electron chi connectivity index (χ0n) is 13.6. The van der Waals surface area contributed by atoms with Crippen molar-refractivity contribution in [2.24, 2.45) is 0 Å². The Kier molecular flexibility index (Phi) is 4.97. The lowest BCUT2D eigenvalue weighted by molar-refractivity contribution is -0.908. The Bertz CT molecular complexity index is 841. The molecule has 3 aromatic rings. The molecule has 0 saturated heterocycles. The highest BCUT2D eigenvalue weighted by molar-refractivity contribution is 7.21. The smallest absolute Gasteiger partial charge is 0.348 e. The average molecular weight is 348 g/mol. The number of rotatable bonds is 6. The van der Waals surface area contributed by atoms with Gasteiger partial charge in [0.15, 0.2) is 5.76 Å². The molecule has 4 nitrogen and oxygen atoms in total. The van der Waals surface area contributed by atoms with E-state index in [4.69, 9.17) is 9.15 Å². The van der Waals surface area contributed by atoms with Crippen molar-refractivity contribution in [3.05, 3.63) is 58.6 Å². The second kappa shape index (κ2) is 7.15. The number of halogens is 1. The van der Waals surface area contributed by atoms with Gasteiger partial charge in [0, 0.05) is 15.6 Å². The Hall–Kier alpha value is -2.18. The van der Waals surface area contributed by atoms with Gasteiger partial charge in [0.25, 0.3) is 0 Å². The third-order valence-corrected chi connectivity index (χ3v) is 4.94. The number of hydrogen-bond acceptors (Lipinski definition) is 4. The molecule has 1 atom stereocenters. The van der Waals surface area contributed by atoms with Crippen LogP contribution in [0.15, 0.2) is 41.0 Å². The number of benzene rings is 1. The lowest BCUT2D eigenvalue weighted by Gasteiger charge is -2.13. The number of nitrogens with one attached hydrogen (secondary N) is 1. The van der Waals surface area contributed by atoms with Gasteiger partial charge in [-0.1, -0.05) is 6.07 Å². The van der Waals surface area contributed by atoms with E-state index in [-0.39, 0.29) is 11.8 Å². The van der Waals surface area contributed by atoms with E-state index < -0.39 is 0 Å². The maximum Gasteiger partial charge on any atom is 0.348 e. The van der Waals surface area contributed by atoms with Crippen molar-refractivity contribution in [2.45, 2.75) is 20.0 Å². The van der Waals surface area contributed by atoms with Crippen LogP contribution in [0.25, 0.3) is 10.1 Å². The van der Waals surface area contributed by atoms with Gasteiger partial charge in [-0.15, -0.1) is 11.3 Å². The van der Waals surface area contributed by atoms with Gasteiger partial charge in [-0.05, 0) is 31.2 Å². The fourth-order valence-electron chi connectivity index (χ4n) is 2.77. The van der Waals surface area contributed by atoms with E-state index in [1.165, 1.54) is 17.4 Å². The summed E-state index contributed by atoms with van der Waals surface area (Å²) in [5, 5.41) is 0.518. The highest BCUT2D eigenvalue weighted by atomic mass is 32.1. The molecule has 0 aliphatic rings. The van der Waals surface area contributed by atoms with Crippen molar-refractivity contribution in [3.63, 3.8) is 0 Å². The Morgan fingerprint density at radius 3 is 2.83 bits per heavy atom. The minimum absolute atomic E-state index is 0.296. The number of hydrogen-bond donors (Lipinski definition) is 1. The van der Waals surface area contributed by atoms with Crippen molar-refractivity contribution < 1.29 is 23.2 Å². The van der Waals surface area contributed by atoms with Crippen LogP contribution in [0.5, 0.6) is 0 Å². The Balaban J connectivity index is 1.97. The first-order valence-electron chi connectivity index (χ1n) is 7.80. The van der Waals surface area contributed by atoms with Crippen LogP contribution in [0.1, 0.15) is 27.9 Å². The number of esters is 1. The first kappa shape index (κ1) is 16.7. The molecule has 126 valence electrons. The van der Waals surface area contributed by atoms with Gasteiger partial charge in [0.05, 0.1) is 19.9 Å². The normalized spacial score (nSPS) is 12.5. The average Bonchev–Trinajstić information content (AvgIpc) is 3.16. The second-order valence-corrected chi connectivity index (χ2v) is 6.69. The number of quaternary nitrogens is 1. The third-order valence-electron chi connectivity index (χ3n) is 3.76. The molecule has 3 rings (SSSR count). The summed E-state index contributed by atoms with van der Waals surface area (Å²) < 4.78 is 25.6. The van der Waals surface area contributed by atoms with Crippen molar-refractivity contribution in [2.75, 3.05) is 13.7 Å². The van der Waals surface area contributed by atoms with Crippen LogP contribution >= 0.6 is 11.3 Å². The fraction of sp³-hybridized carbons (Fsp3) is 0.278. The lowest BCUT2D eigenvalue weighted by Crippen LogP contribution is -3.06. The molecular weight excluding hydrogens is 329 g/mol. The highest BCUT2D eigenvalue weighted by Crippen LogP contribution is 2.33. The van der Waals surface area contributed by atoms with Gasteiger partial charge in [-0.3, -0.25) is 0 Å². The van der Waals surface area contributed by atoms with Crippen LogP contribution in [-0.4, -0.2) is 19.6 Å². The van der Waals surface area contributed by atoms with Crippen LogP contribution in [0.2, 0.25) is 0 Å². The van der Waals surface area contributed by atoms with E-state index in [1.54, 1.807) is 19.3 Å². The molecule has 1 N–H and O–H groups in total. The summed E-state index contributed by atoms with van der Waals surface area (Å²) in [6, 6.07) is 8.66. The summed E-state index contributed by atoms with van der Waals surface area (Å²) in [7, 11) is 1.99. The van der Waals surface area contributed by atoms with E-state index in [2.05, 4.69) is 0 Å². The molecule has 0 aliphatic carbocycles. The molecule has 24 heavy (non-hydrogen) atoms. The molecule has 0 aliphatic heterocycles. The van der Waals surface area contributed by atoms with Crippen molar-refractivity contribution in [3.8, 4) is 0 Å². The van der Waals surface area contributed by atoms with Gasteiger partial charge in [0.2, 0.25) is 0 Å². The minimum Gasteiger partial charge on any atom is -0.463 e. The first-order valence-corrected chi connectivity index (χ1v) is 8.62. The monoisotopic (exact) mass is 348 g/mol. The molecule has 0 amide bonds. The summed E-state index contributed by atoms with van der Waals surface area (Å²) >= 11 is 1.28. The van der Waals surface area contributed by atoms with Gasteiger partial charge >= 0.3 is 5.97 Å². The largest absolute Gasteiger partial charge is 0.463 e. The van der Waals surface area contributed by atoms with E-state index in [0.717, 1.165) is 15.4 Å². The van der Waals surface area contributed by atoms with Crippen LogP contribution in [0, 0.1) is 5.82 Å². The van der Waals surface area contributed by atoms with Gasteiger partial charge in [0.1, 0.15) is 23.8 Å². The van der Waals surface area contributed by atoms with Crippen molar-refractivity contribution in [1.29, 1.82) is 0 Å². The molecule has 2 heterocycles. The number of ether oxygens (including phenoxy) is 1. The zero-order chi connectivity index (χ0) is 17.1. The van der Waals surface area contributed by atoms with Gasteiger partial charge < -0.3 is 14.1 Å². The molecule has 2 aromatic heterocycles. The predicted molar refractivity (Wildman–Crippen MR) is 90.7 cm³/mol. The standard InChI is InChI=1S/C18H18FNO3S/c1-3-22-18(21)17-13(11-20(2)10-12-6-5-9-23-12)16-14(19)7-4-8-15(16)24-17/h4-9H,3,10-11H2,1-2H3/p+1. The molecule has 0 saturated carbocycles. The summed E-state index contributed by atoms with van der Waals surface area (Å²) in [5.74, 6) is 0.157. The van der Waals surface area contributed by atoms with Crippen LogP contribution in [-0.2, 0) is 17.8 Å². The number of thiophene rings is 1. The molecule has 0 bridgehead atoms. The molecule has 0 fully saturated rings.